The first-order valence-electron chi connectivity index (χ1n) is 7.72. The van der Waals surface area contributed by atoms with E-state index in [1.165, 1.54) is 0 Å². The molecule has 1 unspecified atom stereocenters. The van der Waals surface area contributed by atoms with Crippen LogP contribution in [-0.2, 0) is 11.2 Å². The Morgan fingerprint density at radius 3 is 2.58 bits per heavy atom. The molecule has 0 saturated heterocycles. The van der Waals surface area contributed by atoms with E-state index >= 15 is 0 Å². The standard InChI is InChI=1S/C19H20N2O3/c1-3-24-17-9-7-16(8-10-17)21-19(22)15(13-20)11-14-5-4-6-18(12-14)23-2/h4-10,12,15H,3,11H2,1-2H3,(H,21,22). The predicted molar refractivity (Wildman–Crippen MR) is 92.0 cm³/mol. The Hall–Kier alpha value is -3.00. The van der Waals surface area contributed by atoms with Gasteiger partial charge in [0.2, 0.25) is 5.91 Å². The predicted octanol–water partition coefficient (Wildman–Crippen LogP) is 3.41. The van der Waals surface area contributed by atoms with Gasteiger partial charge in [-0.15, -0.1) is 0 Å². The minimum Gasteiger partial charge on any atom is -0.497 e. The molecule has 5 heteroatoms. The third-order valence-electron chi connectivity index (χ3n) is 3.48. The zero-order valence-corrected chi connectivity index (χ0v) is 13.8. The molecule has 0 aromatic heterocycles. The highest BCUT2D eigenvalue weighted by molar-refractivity contribution is 5.94. The summed E-state index contributed by atoms with van der Waals surface area (Å²) in [4.78, 5) is 12.3. The van der Waals surface area contributed by atoms with Crippen molar-refractivity contribution in [2.24, 2.45) is 5.92 Å². The lowest BCUT2D eigenvalue weighted by atomic mass is 9.99. The molecule has 2 aromatic carbocycles. The zero-order chi connectivity index (χ0) is 17.4. The molecule has 1 atom stereocenters. The van der Waals surface area contributed by atoms with Crippen LogP contribution < -0.4 is 14.8 Å². The molecule has 0 saturated carbocycles. The number of nitrogens with zero attached hydrogens (tertiary/aromatic N) is 1. The van der Waals surface area contributed by atoms with E-state index in [1.807, 2.05) is 31.2 Å². The second-order valence-corrected chi connectivity index (χ2v) is 5.18. The second-order valence-electron chi connectivity index (χ2n) is 5.18. The van der Waals surface area contributed by atoms with Gasteiger partial charge >= 0.3 is 0 Å². The van der Waals surface area contributed by atoms with Crippen molar-refractivity contribution in [3.63, 3.8) is 0 Å². The van der Waals surface area contributed by atoms with Crippen LogP contribution in [0, 0.1) is 17.2 Å². The Morgan fingerprint density at radius 1 is 1.21 bits per heavy atom. The van der Waals surface area contributed by atoms with Gasteiger partial charge in [0.15, 0.2) is 0 Å². The molecule has 24 heavy (non-hydrogen) atoms. The normalized spacial score (nSPS) is 11.2. The van der Waals surface area contributed by atoms with Gasteiger partial charge in [0.1, 0.15) is 17.4 Å². The summed E-state index contributed by atoms with van der Waals surface area (Å²) < 4.78 is 10.5. The summed E-state index contributed by atoms with van der Waals surface area (Å²) in [5.41, 5.74) is 1.51. The zero-order valence-electron chi connectivity index (χ0n) is 13.8. The second kappa shape index (κ2) is 8.59. The van der Waals surface area contributed by atoms with Gasteiger partial charge in [0.25, 0.3) is 0 Å². The van der Waals surface area contributed by atoms with Crippen molar-refractivity contribution >= 4 is 11.6 Å². The van der Waals surface area contributed by atoms with Gasteiger partial charge in [-0.25, -0.2) is 0 Å². The molecular weight excluding hydrogens is 304 g/mol. The summed E-state index contributed by atoms with van der Waals surface area (Å²) in [5, 5.41) is 12.1. The van der Waals surface area contributed by atoms with Crippen LogP contribution in [0.1, 0.15) is 12.5 Å². The smallest absolute Gasteiger partial charge is 0.242 e. The Balaban J connectivity index is 2.01. The maximum absolute atomic E-state index is 12.3. The van der Waals surface area contributed by atoms with Crippen LogP contribution in [-0.4, -0.2) is 19.6 Å². The third-order valence-corrected chi connectivity index (χ3v) is 3.48. The van der Waals surface area contributed by atoms with Crippen LogP contribution in [0.3, 0.4) is 0 Å². The molecule has 124 valence electrons. The van der Waals surface area contributed by atoms with Crippen molar-refractivity contribution in [1.82, 2.24) is 0 Å². The number of anilines is 1. The number of hydrogen-bond acceptors (Lipinski definition) is 4. The lowest BCUT2D eigenvalue weighted by Crippen LogP contribution is -2.23. The maximum atomic E-state index is 12.3. The van der Waals surface area contributed by atoms with Crippen LogP contribution in [0.2, 0.25) is 0 Å². The van der Waals surface area contributed by atoms with Crippen LogP contribution in [0.15, 0.2) is 48.5 Å². The minimum absolute atomic E-state index is 0.329. The van der Waals surface area contributed by atoms with E-state index in [0.29, 0.717) is 24.5 Å². The first-order valence-corrected chi connectivity index (χ1v) is 7.72. The average Bonchev–Trinajstić information content (AvgIpc) is 2.61. The van der Waals surface area contributed by atoms with E-state index in [4.69, 9.17) is 9.47 Å². The van der Waals surface area contributed by atoms with Crippen LogP contribution in [0.5, 0.6) is 11.5 Å². The summed E-state index contributed by atoms with van der Waals surface area (Å²) in [7, 11) is 1.58. The summed E-state index contributed by atoms with van der Waals surface area (Å²) >= 11 is 0. The van der Waals surface area contributed by atoms with Gasteiger partial charge in [-0.2, -0.15) is 5.26 Å². The summed E-state index contributed by atoms with van der Waals surface area (Å²) in [6.45, 7) is 2.49. The monoisotopic (exact) mass is 324 g/mol. The minimum atomic E-state index is -0.774. The molecule has 0 heterocycles. The lowest BCUT2D eigenvalue weighted by molar-refractivity contribution is -0.118. The molecule has 0 aliphatic heterocycles. The molecule has 0 fully saturated rings. The maximum Gasteiger partial charge on any atom is 0.242 e. The topological polar surface area (TPSA) is 71.3 Å². The molecule has 1 N–H and O–H groups in total. The molecule has 0 bridgehead atoms. The fraction of sp³-hybridized carbons (Fsp3) is 0.263. The number of carbonyl (C=O) groups excluding carboxylic acids is 1. The van der Waals surface area contributed by atoms with Crippen molar-refractivity contribution in [1.29, 1.82) is 5.26 Å². The highest BCUT2D eigenvalue weighted by Crippen LogP contribution is 2.19. The van der Waals surface area contributed by atoms with E-state index in [0.717, 1.165) is 11.3 Å². The number of methoxy groups -OCH3 is 1. The van der Waals surface area contributed by atoms with E-state index in [1.54, 1.807) is 31.4 Å². The average molecular weight is 324 g/mol. The van der Waals surface area contributed by atoms with Crippen molar-refractivity contribution in [2.75, 3.05) is 19.0 Å². The first-order chi connectivity index (χ1) is 11.7. The third kappa shape index (κ3) is 4.75. The van der Waals surface area contributed by atoms with Crippen molar-refractivity contribution in [3.05, 3.63) is 54.1 Å². The molecule has 5 nitrogen and oxygen atoms in total. The molecule has 1 amide bonds. The Labute approximate surface area is 141 Å². The van der Waals surface area contributed by atoms with Crippen LogP contribution in [0.4, 0.5) is 5.69 Å². The van der Waals surface area contributed by atoms with Gasteiger partial charge in [0.05, 0.1) is 19.8 Å². The molecule has 0 aliphatic rings. The molecule has 2 aromatic rings. The van der Waals surface area contributed by atoms with Crippen molar-refractivity contribution in [3.8, 4) is 17.6 Å². The summed E-state index contributed by atoms with van der Waals surface area (Å²) in [6, 6.07) is 16.5. The van der Waals surface area contributed by atoms with Gasteiger partial charge in [0, 0.05) is 5.69 Å². The fourth-order valence-electron chi connectivity index (χ4n) is 2.26. The van der Waals surface area contributed by atoms with Gasteiger partial charge < -0.3 is 14.8 Å². The van der Waals surface area contributed by atoms with Crippen LogP contribution in [0.25, 0.3) is 0 Å². The number of rotatable bonds is 7. The van der Waals surface area contributed by atoms with Crippen molar-refractivity contribution in [2.45, 2.75) is 13.3 Å². The van der Waals surface area contributed by atoms with E-state index in [-0.39, 0.29) is 5.91 Å². The van der Waals surface area contributed by atoms with Crippen LogP contribution >= 0.6 is 0 Å². The Morgan fingerprint density at radius 2 is 1.96 bits per heavy atom. The van der Waals surface area contributed by atoms with Gasteiger partial charge in [-0.1, -0.05) is 12.1 Å². The molecule has 0 radical (unpaired) electrons. The molecular formula is C19H20N2O3. The van der Waals surface area contributed by atoms with Gasteiger partial charge in [-0.05, 0) is 55.3 Å². The molecule has 0 aliphatic carbocycles. The fourth-order valence-corrected chi connectivity index (χ4v) is 2.26. The van der Waals surface area contributed by atoms with E-state index < -0.39 is 5.92 Å². The highest BCUT2D eigenvalue weighted by Gasteiger charge is 2.19. The van der Waals surface area contributed by atoms with E-state index in [2.05, 4.69) is 11.4 Å². The summed E-state index contributed by atoms with van der Waals surface area (Å²) in [6.07, 6.45) is 0.330. The quantitative estimate of drug-likeness (QED) is 0.847. The number of nitriles is 1. The molecule has 0 spiro atoms. The van der Waals surface area contributed by atoms with E-state index in [9.17, 15) is 10.1 Å². The Kier molecular flexibility index (Phi) is 6.21. The number of nitrogens with one attached hydrogen (secondary N) is 1. The van der Waals surface area contributed by atoms with Gasteiger partial charge in [-0.3, -0.25) is 4.79 Å². The highest BCUT2D eigenvalue weighted by atomic mass is 16.5. The molecule has 2 rings (SSSR count). The number of hydrogen-bond donors (Lipinski definition) is 1. The Bertz CT molecular complexity index is 720. The number of benzene rings is 2. The summed E-state index contributed by atoms with van der Waals surface area (Å²) in [5.74, 6) is 0.341. The number of amides is 1. The largest absolute Gasteiger partial charge is 0.497 e. The van der Waals surface area contributed by atoms with Crippen molar-refractivity contribution < 1.29 is 14.3 Å². The SMILES string of the molecule is CCOc1ccc(NC(=O)C(C#N)Cc2cccc(OC)c2)cc1. The lowest BCUT2D eigenvalue weighted by Gasteiger charge is -2.11. The first kappa shape index (κ1) is 17.4. The number of carbonyl (C=O) groups is 1. The number of ether oxygens (including phenoxy) is 2.